The standard InChI is InChI=1S/C58H68N6O2Si/c1-38(2)57(65)61-26-10-24-59-36-52-45-14-8-9-15-46(45)53(37-60-25-11-27-62-58(66)39(3)4)51-33-42(18-21-47(51)52)41-17-16-40(5)50(32-41)56-48-22-19-43(63-28-12-29-63)34-54(48)67(6,7)55-35-44(20-23-49(55)56)64-30-13-31-64/h8-9,14-23,32-35,39,59-60H,1,10-13,24-31,36-37H2,2-7H3,(H-,61,62,65,66)/q-1/p+1. The molecule has 347 valence electrons. The molecule has 3 heterocycles. The van der Waals surface area contributed by atoms with Crippen molar-refractivity contribution >= 4 is 63.6 Å². The summed E-state index contributed by atoms with van der Waals surface area (Å²) >= 11 is 0. The summed E-state index contributed by atoms with van der Waals surface area (Å²) in [5.74, 6) is -0.0194. The van der Waals surface area contributed by atoms with Gasteiger partial charge in [0, 0.05) is 62.5 Å². The Morgan fingerprint density at radius 2 is 1.40 bits per heavy atom. The van der Waals surface area contributed by atoms with E-state index in [4.69, 9.17) is 0 Å². The normalized spacial score (nSPS) is 16.2. The number of anilines is 1. The van der Waals surface area contributed by atoms with Crippen LogP contribution in [0.3, 0.4) is 0 Å². The molecule has 8 nitrogen and oxygen atoms in total. The number of carbonyl (C=O) groups is 2. The van der Waals surface area contributed by atoms with Crippen molar-refractivity contribution in [1.82, 2.24) is 21.3 Å². The molecule has 0 radical (unpaired) electrons. The first-order chi connectivity index (χ1) is 32.4. The van der Waals surface area contributed by atoms with Crippen molar-refractivity contribution in [3.8, 4) is 11.1 Å². The van der Waals surface area contributed by atoms with E-state index in [0.29, 0.717) is 31.8 Å². The van der Waals surface area contributed by atoms with E-state index < -0.39 is 8.07 Å². The third kappa shape index (κ3) is 9.39. The van der Waals surface area contributed by atoms with Crippen LogP contribution in [-0.2, 0) is 22.7 Å². The highest BCUT2D eigenvalue weighted by atomic mass is 28.3. The van der Waals surface area contributed by atoms with Crippen LogP contribution in [0.1, 0.15) is 74.3 Å². The summed E-state index contributed by atoms with van der Waals surface area (Å²) in [6.07, 6.45) is 11.6. The minimum Gasteiger partial charge on any atom is -0.371 e. The predicted molar refractivity (Wildman–Crippen MR) is 283 cm³/mol. The van der Waals surface area contributed by atoms with Crippen molar-refractivity contribution in [1.29, 1.82) is 0 Å². The van der Waals surface area contributed by atoms with Gasteiger partial charge in [0.15, 0.2) is 5.71 Å². The molecule has 1 aliphatic carbocycles. The molecule has 4 aliphatic rings. The van der Waals surface area contributed by atoms with Crippen molar-refractivity contribution in [2.24, 2.45) is 5.92 Å². The second-order valence-electron chi connectivity index (χ2n) is 20.0. The lowest BCUT2D eigenvalue weighted by molar-refractivity contribution is -0.582. The monoisotopic (exact) mass is 910 g/mol. The lowest BCUT2D eigenvalue weighted by atomic mass is 9.85. The van der Waals surface area contributed by atoms with E-state index in [-0.39, 0.29) is 17.7 Å². The number of carbonyl (C=O) groups excluding carboxylic acids is 2. The molecule has 2 saturated heterocycles. The molecule has 2 amide bonds. The highest BCUT2D eigenvalue weighted by Crippen LogP contribution is 2.44. The summed E-state index contributed by atoms with van der Waals surface area (Å²) < 4.78 is 2.54. The molecular formula is C58H69N6O2Si. The van der Waals surface area contributed by atoms with Gasteiger partial charge in [-0.2, -0.15) is 23.5 Å². The molecule has 4 N–H and O–H groups in total. The number of nitrogens with zero attached hydrogens (tertiary/aromatic N) is 2. The highest BCUT2D eigenvalue weighted by molar-refractivity contribution is 6.98. The van der Waals surface area contributed by atoms with Crippen molar-refractivity contribution < 1.29 is 14.2 Å². The number of benzene rings is 5. The van der Waals surface area contributed by atoms with Crippen molar-refractivity contribution in [2.45, 2.75) is 79.6 Å². The molecule has 5 aromatic rings. The van der Waals surface area contributed by atoms with Crippen LogP contribution in [0.15, 0.2) is 120 Å². The lowest BCUT2D eigenvalue weighted by Crippen LogP contribution is -2.50. The average Bonchev–Trinajstić information content (AvgIpc) is 3.28. The van der Waals surface area contributed by atoms with Crippen LogP contribution in [0.5, 0.6) is 0 Å². The quantitative estimate of drug-likeness (QED) is 0.0246. The Labute approximate surface area is 399 Å². The summed E-state index contributed by atoms with van der Waals surface area (Å²) in [6, 6.07) is 30.4. The third-order valence-electron chi connectivity index (χ3n) is 14.6. The summed E-state index contributed by atoms with van der Waals surface area (Å²) in [5.41, 5.74) is 14.9. The minimum absolute atomic E-state index is 0.0204. The maximum absolute atomic E-state index is 12.2. The molecule has 0 spiro atoms. The van der Waals surface area contributed by atoms with Crippen molar-refractivity contribution in [2.75, 3.05) is 57.3 Å². The molecule has 9 rings (SSSR count). The number of hydrogen-bond acceptors (Lipinski definition) is 5. The first kappa shape index (κ1) is 46.2. The number of rotatable bonds is 17. The maximum atomic E-state index is 12.2. The van der Waals surface area contributed by atoms with Crippen LogP contribution < -0.4 is 31.4 Å². The van der Waals surface area contributed by atoms with Gasteiger partial charge in [0.2, 0.25) is 11.8 Å². The molecule has 0 saturated carbocycles. The van der Waals surface area contributed by atoms with Gasteiger partial charge in [-0.25, -0.2) is 4.58 Å². The Morgan fingerprint density at radius 3 is 2.04 bits per heavy atom. The van der Waals surface area contributed by atoms with Crippen LogP contribution in [0.2, 0.25) is 13.1 Å². The summed E-state index contributed by atoms with van der Waals surface area (Å²) in [4.78, 5) is 26.9. The Kier molecular flexibility index (Phi) is 13.6. The number of hydrogen-bond donors (Lipinski definition) is 4. The number of fused-ring (bicyclic) bond motifs is 4. The van der Waals surface area contributed by atoms with Gasteiger partial charge in [-0.1, -0.05) is 95.2 Å². The Hall–Kier alpha value is -5.87. The van der Waals surface area contributed by atoms with E-state index in [0.717, 1.165) is 52.1 Å². The van der Waals surface area contributed by atoms with Crippen LogP contribution >= 0.6 is 0 Å². The van der Waals surface area contributed by atoms with E-state index in [1.807, 2.05) is 13.8 Å². The van der Waals surface area contributed by atoms with Gasteiger partial charge in [-0.3, -0.25) is 9.59 Å². The molecular weight excluding hydrogens is 841 g/mol. The molecule has 0 bridgehead atoms. The molecule has 0 unspecified atom stereocenters. The lowest BCUT2D eigenvalue weighted by Gasteiger charge is -2.48. The van der Waals surface area contributed by atoms with Crippen molar-refractivity contribution in [3.63, 3.8) is 0 Å². The Bertz CT molecular complexity index is 2910. The topological polar surface area (TPSA) is 88.5 Å². The summed E-state index contributed by atoms with van der Waals surface area (Å²) in [7, 11) is -2.08. The number of aryl methyl sites for hydroxylation is 1. The molecule has 67 heavy (non-hydrogen) atoms. The zero-order valence-electron chi connectivity index (χ0n) is 40.6. The molecule has 9 heteroatoms. The fourth-order valence-corrected chi connectivity index (χ4v) is 13.3. The Morgan fingerprint density at radius 1 is 0.746 bits per heavy atom. The molecule has 0 aromatic heterocycles. The maximum Gasteiger partial charge on any atom is 0.246 e. The van der Waals surface area contributed by atoms with Gasteiger partial charge in [0.25, 0.3) is 0 Å². The second kappa shape index (κ2) is 19.8. The summed E-state index contributed by atoms with van der Waals surface area (Å²) in [6.45, 7) is 25.6. The second-order valence-corrected chi connectivity index (χ2v) is 24.3. The largest absolute Gasteiger partial charge is 0.371 e. The first-order valence-corrected chi connectivity index (χ1v) is 27.8. The predicted octanol–water partition coefficient (Wildman–Crippen LogP) is 9.23. The van der Waals surface area contributed by atoms with E-state index in [2.05, 4.69) is 154 Å². The van der Waals surface area contributed by atoms with Gasteiger partial charge < -0.3 is 26.2 Å². The Balaban J connectivity index is 1.11. The minimum atomic E-state index is -2.08. The average molecular weight is 910 g/mol. The smallest absolute Gasteiger partial charge is 0.246 e. The van der Waals surface area contributed by atoms with Gasteiger partial charge >= 0.3 is 0 Å². The first-order valence-electron chi connectivity index (χ1n) is 24.8. The van der Waals surface area contributed by atoms with Gasteiger partial charge in [-0.15, -0.1) is 0 Å². The van der Waals surface area contributed by atoms with Gasteiger partial charge in [0.05, 0.1) is 6.42 Å². The van der Waals surface area contributed by atoms with Gasteiger partial charge in [-0.05, 0) is 142 Å². The SMILES string of the molecule is C=C(C)C(=O)NCCCNCc1c2ccccc2c(CNCCCNC(=O)C(C)C)c2cc(-c3ccc(C)c(C4=C5C=CC(=[N+]6CCC6)C=C5[Si-](C)(C)c5cc(N6CCC6)ccc54)c3)ccc12. The van der Waals surface area contributed by atoms with Crippen molar-refractivity contribution in [3.05, 3.63) is 148 Å². The number of nitrogens with one attached hydrogen (secondary N) is 4. The molecule has 5 aromatic carbocycles. The van der Waals surface area contributed by atoms with E-state index in [1.54, 1.807) is 17.3 Å². The van der Waals surface area contributed by atoms with Gasteiger partial charge in [0.1, 0.15) is 13.1 Å². The molecule has 2 fully saturated rings. The number of allylic oxidation sites excluding steroid dienone is 5. The van der Waals surface area contributed by atoms with Crippen LogP contribution in [0.4, 0.5) is 5.69 Å². The van der Waals surface area contributed by atoms with Crippen LogP contribution in [0.25, 0.3) is 38.2 Å². The van der Waals surface area contributed by atoms with E-state index >= 15 is 0 Å². The van der Waals surface area contributed by atoms with Crippen LogP contribution in [-0.4, -0.2) is 82.5 Å². The van der Waals surface area contributed by atoms with E-state index in [9.17, 15) is 9.59 Å². The van der Waals surface area contributed by atoms with Crippen LogP contribution in [0, 0.1) is 12.8 Å². The molecule has 0 atom stereocenters. The number of amides is 2. The highest BCUT2D eigenvalue weighted by Gasteiger charge is 2.34. The zero-order valence-corrected chi connectivity index (χ0v) is 41.6. The summed E-state index contributed by atoms with van der Waals surface area (Å²) in [5, 5.41) is 21.6. The fraction of sp³-hybridized carbons (Fsp3) is 0.362. The van der Waals surface area contributed by atoms with E-state index in [1.165, 1.54) is 95.9 Å². The molecule has 3 aliphatic heterocycles. The fourth-order valence-electron chi connectivity index (χ4n) is 10.3. The zero-order chi connectivity index (χ0) is 46.8. The third-order valence-corrected chi connectivity index (χ3v) is 18.1.